The fraction of sp³-hybridized carbons (Fsp3) is 0.450. The Balaban J connectivity index is 1.51. The molecule has 2 fully saturated rings. The number of rotatable bonds is 3. The van der Waals surface area contributed by atoms with E-state index in [1.807, 2.05) is 0 Å². The molecule has 8 heteroatoms. The van der Waals surface area contributed by atoms with Crippen molar-refractivity contribution in [3.05, 3.63) is 51.5 Å². The largest absolute Gasteiger partial charge is 0.338 e. The van der Waals surface area contributed by atoms with Crippen molar-refractivity contribution in [3.63, 3.8) is 0 Å². The zero-order valence-electron chi connectivity index (χ0n) is 15.6. The van der Waals surface area contributed by atoms with Crippen LogP contribution in [0.2, 0.25) is 0 Å². The van der Waals surface area contributed by atoms with Gasteiger partial charge in [0.15, 0.2) is 11.6 Å². The van der Waals surface area contributed by atoms with E-state index in [9.17, 15) is 18.4 Å². The van der Waals surface area contributed by atoms with Crippen molar-refractivity contribution in [2.45, 2.75) is 32.7 Å². The molecule has 2 aromatic rings. The Hall–Kier alpha value is -2.35. The minimum absolute atomic E-state index is 0.0477. The van der Waals surface area contributed by atoms with Gasteiger partial charge >= 0.3 is 0 Å². The van der Waals surface area contributed by atoms with E-state index in [0.717, 1.165) is 12.5 Å². The van der Waals surface area contributed by atoms with Crippen molar-refractivity contribution in [2.75, 3.05) is 19.6 Å². The van der Waals surface area contributed by atoms with Crippen LogP contribution in [-0.2, 0) is 11.3 Å². The Bertz CT molecular complexity index is 932. The van der Waals surface area contributed by atoms with Crippen molar-refractivity contribution in [1.82, 2.24) is 14.8 Å². The molecule has 0 saturated carbocycles. The summed E-state index contributed by atoms with van der Waals surface area (Å²) in [4.78, 5) is 34.1. The number of amides is 2. The zero-order chi connectivity index (χ0) is 19.9. The summed E-state index contributed by atoms with van der Waals surface area (Å²) in [5, 5.41) is 0. The predicted octanol–water partition coefficient (Wildman–Crippen LogP) is 3.38. The van der Waals surface area contributed by atoms with E-state index < -0.39 is 17.0 Å². The first-order valence-electron chi connectivity index (χ1n) is 9.33. The molecule has 1 aromatic carbocycles. The summed E-state index contributed by atoms with van der Waals surface area (Å²) in [6.07, 6.45) is 2.08. The van der Waals surface area contributed by atoms with E-state index >= 15 is 0 Å². The standard InChI is InChI=1S/C20H21F2N3O2S/c1-13-17(28-12-23-13)18(26)25-9-7-20(11-25)6-3-8-24(19(20)27)10-14-4-2-5-15(21)16(14)22/h2,4-5,12H,3,6-11H2,1H3/t20-/m0/s1. The SMILES string of the molecule is Cc1ncsc1C(=O)N1CC[C@@]2(CCCN(Cc3cccc(F)c3F)C2=O)C1. The Morgan fingerprint density at radius 1 is 1.29 bits per heavy atom. The molecule has 5 nitrogen and oxygen atoms in total. The lowest BCUT2D eigenvalue weighted by molar-refractivity contribution is -0.146. The average Bonchev–Trinajstić information content (AvgIpc) is 3.30. The lowest BCUT2D eigenvalue weighted by atomic mass is 9.78. The Morgan fingerprint density at radius 2 is 2.11 bits per heavy atom. The molecule has 1 atom stereocenters. The molecule has 0 bridgehead atoms. The van der Waals surface area contributed by atoms with Gasteiger partial charge in [-0.2, -0.15) is 0 Å². The van der Waals surface area contributed by atoms with E-state index in [1.165, 1.54) is 23.5 Å². The smallest absolute Gasteiger partial charge is 0.265 e. The van der Waals surface area contributed by atoms with Gasteiger partial charge in [-0.1, -0.05) is 12.1 Å². The molecule has 3 heterocycles. The molecule has 2 saturated heterocycles. The van der Waals surface area contributed by atoms with Crippen LogP contribution in [0, 0.1) is 24.0 Å². The maximum atomic E-state index is 14.0. The van der Waals surface area contributed by atoms with E-state index in [1.54, 1.807) is 22.2 Å². The number of thiazole rings is 1. The first-order chi connectivity index (χ1) is 13.4. The quantitative estimate of drug-likeness (QED) is 0.787. The summed E-state index contributed by atoms with van der Waals surface area (Å²) in [5.74, 6) is -1.97. The molecule has 1 spiro atoms. The number of aryl methyl sites for hydroxylation is 1. The van der Waals surface area contributed by atoms with Crippen LogP contribution in [0.4, 0.5) is 8.78 Å². The molecule has 1 aromatic heterocycles. The maximum Gasteiger partial charge on any atom is 0.265 e. The van der Waals surface area contributed by atoms with Crippen LogP contribution in [0.15, 0.2) is 23.7 Å². The lowest BCUT2D eigenvalue weighted by Gasteiger charge is -2.39. The van der Waals surface area contributed by atoms with Crippen LogP contribution in [0.25, 0.3) is 0 Å². The van der Waals surface area contributed by atoms with E-state index in [2.05, 4.69) is 4.98 Å². The highest BCUT2D eigenvalue weighted by atomic mass is 32.1. The summed E-state index contributed by atoms with van der Waals surface area (Å²) >= 11 is 1.31. The van der Waals surface area contributed by atoms with Crippen molar-refractivity contribution in [3.8, 4) is 0 Å². The molecule has 28 heavy (non-hydrogen) atoms. The average molecular weight is 405 g/mol. The van der Waals surface area contributed by atoms with Crippen LogP contribution in [-0.4, -0.2) is 46.2 Å². The van der Waals surface area contributed by atoms with Gasteiger partial charge < -0.3 is 9.80 Å². The third-order valence-electron chi connectivity index (χ3n) is 5.80. The summed E-state index contributed by atoms with van der Waals surface area (Å²) in [6.45, 7) is 3.25. The minimum Gasteiger partial charge on any atom is -0.338 e. The van der Waals surface area contributed by atoms with Gasteiger partial charge in [0, 0.05) is 31.7 Å². The highest BCUT2D eigenvalue weighted by Gasteiger charge is 2.49. The van der Waals surface area contributed by atoms with Gasteiger partial charge in [0.25, 0.3) is 5.91 Å². The summed E-state index contributed by atoms with van der Waals surface area (Å²) in [7, 11) is 0. The third-order valence-corrected chi connectivity index (χ3v) is 6.71. The van der Waals surface area contributed by atoms with Crippen LogP contribution >= 0.6 is 11.3 Å². The summed E-state index contributed by atoms with van der Waals surface area (Å²) in [6, 6.07) is 4.02. The summed E-state index contributed by atoms with van der Waals surface area (Å²) in [5.41, 5.74) is 1.90. The Labute approximate surface area is 166 Å². The molecule has 0 radical (unpaired) electrons. The van der Waals surface area contributed by atoms with Crippen molar-refractivity contribution in [1.29, 1.82) is 0 Å². The molecule has 2 aliphatic heterocycles. The summed E-state index contributed by atoms with van der Waals surface area (Å²) < 4.78 is 27.6. The molecule has 2 amide bonds. The number of carbonyl (C=O) groups excluding carboxylic acids is 2. The predicted molar refractivity (Wildman–Crippen MR) is 101 cm³/mol. The molecule has 4 rings (SSSR count). The molecule has 0 N–H and O–H groups in total. The number of aromatic nitrogens is 1. The second-order valence-corrected chi connectivity index (χ2v) is 8.42. The molecule has 148 valence electrons. The number of hydrogen-bond donors (Lipinski definition) is 0. The van der Waals surface area contributed by atoms with Gasteiger partial charge in [-0.3, -0.25) is 9.59 Å². The Morgan fingerprint density at radius 3 is 2.86 bits per heavy atom. The van der Waals surface area contributed by atoms with Crippen LogP contribution < -0.4 is 0 Å². The fourth-order valence-electron chi connectivity index (χ4n) is 4.25. The van der Waals surface area contributed by atoms with Gasteiger partial charge in [0.2, 0.25) is 5.91 Å². The number of hydrogen-bond acceptors (Lipinski definition) is 4. The number of carbonyl (C=O) groups is 2. The van der Waals surface area contributed by atoms with Crippen LogP contribution in [0.5, 0.6) is 0 Å². The van der Waals surface area contributed by atoms with Gasteiger partial charge in [0.1, 0.15) is 4.88 Å². The monoisotopic (exact) mass is 405 g/mol. The van der Waals surface area contributed by atoms with Crippen molar-refractivity contribution >= 4 is 23.2 Å². The van der Waals surface area contributed by atoms with Gasteiger partial charge in [-0.25, -0.2) is 13.8 Å². The first-order valence-corrected chi connectivity index (χ1v) is 10.2. The second kappa shape index (κ2) is 7.24. The van der Waals surface area contributed by atoms with Crippen LogP contribution in [0.3, 0.4) is 0 Å². The number of benzene rings is 1. The second-order valence-electron chi connectivity index (χ2n) is 7.57. The fourth-order valence-corrected chi connectivity index (χ4v) is 5.02. The molecular weight excluding hydrogens is 384 g/mol. The number of piperidine rings is 1. The highest BCUT2D eigenvalue weighted by molar-refractivity contribution is 7.11. The first kappa shape index (κ1) is 19.0. The van der Waals surface area contributed by atoms with Gasteiger partial charge in [0.05, 0.1) is 16.6 Å². The molecule has 0 aliphatic carbocycles. The normalized spacial score (nSPS) is 22.3. The third kappa shape index (κ3) is 3.19. The lowest BCUT2D eigenvalue weighted by Crippen LogP contribution is -2.50. The van der Waals surface area contributed by atoms with E-state index in [-0.39, 0.29) is 23.9 Å². The Kier molecular flexibility index (Phi) is 4.91. The topological polar surface area (TPSA) is 53.5 Å². The van der Waals surface area contributed by atoms with Crippen molar-refractivity contribution < 1.29 is 18.4 Å². The van der Waals surface area contributed by atoms with Crippen molar-refractivity contribution in [2.24, 2.45) is 5.41 Å². The number of halogens is 2. The van der Waals surface area contributed by atoms with E-state index in [0.29, 0.717) is 43.0 Å². The molecular formula is C20H21F2N3O2S. The highest BCUT2D eigenvalue weighted by Crippen LogP contribution is 2.41. The van der Waals surface area contributed by atoms with Gasteiger partial charge in [-0.15, -0.1) is 11.3 Å². The number of nitrogens with zero attached hydrogens (tertiary/aromatic N) is 3. The molecule has 0 unspecified atom stereocenters. The van der Waals surface area contributed by atoms with Gasteiger partial charge in [-0.05, 0) is 32.3 Å². The number of likely N-dealkylation sites (tertiary alicyclic amines) is 2. The molecule has 2 aliphatic rings. The zero-order valence-corrected chi connectivity index (χ0v) is 16.4. The van der Waals surface area contributed by atoms with E-state index in [4.69, 9.17) is 0 Å². The minimum atomic E-state index is -0.908. The maximum absolute atomic E-state index is 14.0. The van der Waals surface area contributed by atoms with Crippen LogP contribution in [0.1, 0.15) is 40.2 Å².